The Morgan fingerprint density at radius 2 is 0.986 bits per heavy atom. The highest BCUT2D eigenvalue weighted by Gasteiger charge is 2.51. The predicted molar refractivity (Wildman–Crippen MR) is 281 cm³/mol. The molecule has 0 aromatic heterocycles. The van der Waals surface area contributed by atoms with Crippen molar-refractivity contribution < 1.29 is 64.6 Å². The number of amides is 1. The van der Waals surface area contributed by atoms with E-state index >= 15 is 0 Å². The Morgan fingerprint density at radius 1 is 0.521 bits per heavy atom. The van der Waals surface area contributed by atoms with E-state index in [0.29, 0.717) is 12.8 Å². The largest absolute Gasteiger partial charge is 0.394 e. The zero-order chi connectivity index (χ0) is 51.7. The van der Waals surface area contributed by atoms with E-state index in [-0.39, 0.29) is 18.9 Å². The van der Waals surface area contributed by atoms with Gasteiger partial charge < -0.3 is 65.1 Å². The van der Waals surface area contributed by atoms with Gasteiger partial charge in [-0.1, -0.05) is 176 Å². The normalized spacial score (nSPS) is 26.5. The Morgan fingerprint density at radius 3 is 1.55 bits per heavy atom. The van der Waals surface area contributed by atoms with Gasteiger partial charge in [0.25, 0.3) is 0 Å². The van der Waals surface area contributed by atoms with Crippen molar-refractivity contribution in [1.29, 1.82) is 0 Å². The van der Waals surface area contributed by atoms with Crippen molar-refractivity contribution in [2.45, 2.75) is 248 Å². The Hall–Kier alpha value is -2.83. The molecule has 0 aromatic carbocycles. The fourth-order valence-electron chi connectivity index (χ4n) is 8.39. The quantitative estimate of drug-likeness (QED) is 0.0208. The number of aliphatic hydroxyl groups excluding tert-OH is 8. The third kappa shape index (κ3) is 29.0. The molecule has 9 N–H and O–H groups in total. The molecule has 2 fully saturated rings. The summed E-state index contributed by atoms with van der Waals surface area (Å²) in [6.45, 7) is 2.63. The molecular formula is C57H97NO13. The summed E-state index contributed by atoms with van der Waals surface area (Å²) in [5.74, 6) is -0.272. The van der Waals surface area contributed by atoms with Gasteiger partial charge >= 0.3 is 0 Å². The maximum absolute atomic E-state index is 13.2. The number of allylic oxidation sites excluding steroid dienone is 13. The summed E-state index contributed by atoms with van der Waals surface area (Å²) >= 11 is 0. The van der Waals surface area contributed by atoms with Crippen LogP contribution in [0.1, 0.15) is 174 Å². The molecule has 0 saturated carbocycles. The minimum Gasteiger partial charge on any atom is -0.394 e. The van der Waals surface area contributed by atoms with Crippen LogP contribution in [0.3, 0.4) is 0 Å². The van der Waals surface area contributed by atoms with Gasteiger partial charge in [-0.25, -0.2) is 0 Å². The van der Waals surface area contributed by atoms with Crippen molar-refractivity contribution in [3.05, 3.63) is 85.1 Å². The van der Waals surface area contributed by atoms with E-state index in [4.69, 9.17) is 18.9 Å². The zero-order valence-electron chi connectivity index (χ0n) is 43.4. The van der Waals surface area contributed by atoms with Crippen LogP contribution in [0.2, 0.25) is 0 Å². The molecule has 14 nitrogen and oxygen atoms in total. The SMILES string of the molecule is CC/C=C\C/C=C\C/C=C\C/C=C\C/C=C\CCCCCCCC(=O)NC(COC1OC(CO)C(OC2OC(CO)C(O)C(O)C2O)C(O)C1O)C(O)/C=C/CC/C=C/CCCCCCCCCCCC. The minimum atomic E-state index is -1.80. The zero-order valence-corrected chi connectivity index (χ0v) is 43.4. The average molecular weight is 1000 g/mol. The van der Waals surface area contributed by atoms with E-state index in [1.807, 2.05) is 6.08 Å². The molecule has 2 aliphatic heterocycles. The molecule has 408 valence electrons. The lowest BCUT2D eigenvalue weighted by Crippen LogP contribution is -2.65. The molecule has 0 aliphatic carbocycles. The lowest BCUT2D eigenvalue weighted by Gasteiger charge is -2.46. The minimum absolute atomic E-state index is 0.246. The third-order valence-electron chi connectivity index (χ3n) is 12.8. The lowest BCUT2D eigenvalue weighted by atomic mass is 9.97. The van der Waals surface area contributed by atoms with Gasteiger partial charge in [-0.2, -0.15) is 0 Å². The van der Waals surface area contributed by atoms with Gasteiger partial charge in [0.1, 0.15) is 48.8 Å². The van der Waals surface area contributed by atoms with Crippen LogP contribution in [0.15, 0.2) is 85.1 Å². The van der Waals surface area contributed by atoms with Crippen LogP contribution < -0.4 is 5.32 Å². The molecule has 0 aromatic rings. The third-order valence-corrected chi connectivity index (χ3v) is 12.8. The summed E-state index contributed by atoms with van der Waals surface area (Å²) in [6.07, 6.45) is 39.0. The predicted octanol–water partition coefficient (Wildman–Crippen LogP) is 8.16. The van der Waals surface area contributed by atoms with Crippen LogP contribution in [-0.4, -0.2) is 140 Å². The molecule has 12 atom stereocenters. The van der Waals surface area contributed by atoms with Crippen LogP contribution in [0, 0.1) is 0 Å². The van der Waals surface area contributed by atoms with Crippen molar-refractivity contribution in [3.63, 3.8) is 0 Å². The number of aliphatic hydroxyl groups is 8. The smallest absolute Gasteiger partial charge is 0.220 e. The fraction of sp³-hybridized carbons (Fsp3) is 0.737. The summed E-state index contributed by atoms with van der Waals surface area (Å²) < 4.78 is 22.7. The van der Waals surface area contributed by atoms with Crippen molar-refractivity contribution >= 4 is 5.91 Å². The number of nitrogens with one attached hydrogen (secondary N) is 1. The van der Waals surface area contributed by atoms with Crippen LogP contribution in [0.25, 0.3) is 0 Å². The monoisotopic (exact) mass is 1000 g/mol. The van der Waals surface area contributed by atoms with Crippen LogP contribution in [0.4, 0.5) is 0 Å². The van der Waals surface area contributed by atoms with Gasteiger partial charge in [0.05, 0.1) is 32.0 Å². The molecule has 14 heteroatoms. The van der Waals surface area contributed by atoms with Crippen LogP contribution in [-0.2, 0) is 23.7 Å². The molecule has 71 heavy (non-hydrogen) atoms. The highest BCUT2D eigenvalue weighted by molar-refractivity contribution is 5.76. The van der Waals surface area contributed by atoms with Crippen LogP contribution >= 0.6 is 0 Å². The first-order valence-corrected chi connectivity index (χ1v) is 27.3. The molecule has 12 unspecified atom stereocenters. The Kier molecular flexibility index (Phi) is 38.5. The second-order valence-corrected chi connectivity index (χ2v) is 19.0. The maximum atomic E-state index is 13.2. The highest BCUT2D eigenvalue weighted by atomic mass is 16.7. The molecule has 2 heterocycles. The summed E-state index contributed by atoms with van der Waals surface area (Å²) in [6, 6.07) is -0.947. The molecule has 2 saturated heterocycles. The van der Waals surface area contributed by atoms with E-state index in [1.54, 1.807) is 6.08 Å². The van der Waals surface area contributed by atoms with Crippen molar-refractivity contribution in [3.8, 4) is 0 Å². The summed E-state index contributed by atoms with van der Waals surface area (Å²) in [5.41, 5.74) is 0. The van der Waals surface area contributed by atoms with Gasteiger partial charge in [0.15, 0.2) is 12.6 Å². The number of hydrogen-bond donors (Lipinski definition) is 9. The summed E-state index contributed by atoms with van der Waals surface area (Å²) in [5, 5.41) is 86.9. The van der Waals surface area contributed by atoms with Crippen molar-refractivity contribution in [2.24, 2.45) is 0 Å². The van der Waals surface area contributed by atoms with Crippen LogP contribution in [0.5, 0.6) is 0 Å². The first-order chi connectivity index (χ1) is 34.6. The van der Waals surface area contributed by atoms with E-state index in [9.17, 15) is 45.6 Å². The molecular weight excluding hydrogens is 907 g/mol. The number of rotatable bonds is 41. The summed E-state index contributed by atoms with van der Waals surface area (Å²) in [4.78, 5) is 13.2. The lowest BCUT2D eigenvalue weighted by molar-refractivity contribution is -0.359. The molecule has 2 rings (SSSR count). The second-order valence-electron chi connectivity index (χ2n) is 19.0. The summed E-state index contributed by atoms with van der Waals surface area (Å²) in [7, 11) is 0. The molecule has 2 aliphatic rings. The van der Waals surface area contributed by atoms with Crippen molar-refractivity contribution in [1.82, 2.24) is 5.32 Å². The highest BCUT2D eigenvalue weighted by Crippen LogP contribution is 2.30. The number of carbonyl (C=O) groups excluding carboxylic acids is 1. The molecule has 1 amide bonds. The van der Waals surface area contributed by atoms with Gasteiger partial charge in [-0.15, -0.1) is 0 Å². The van der Waals surface area contributed by atoms with E-state index in [2.05, 4.69) is 92.1 Å². The second kappa shape index (κ2) is 42.5. The van der Waals surface area contributed by atoms with E-state index < -0.39 is 86.8 Å². The topological polar surface area (TPSA) is 228 Å². The number of unbranched alkanes of at least 4 members (excludes halogenated alkanes) is 16. The van der Waals surface area contributed by atoms with Gasteiger partial charge in [-0.3, -0.25) is 4.79 Å². The van der Waals surface area contributed by atoms with Gasteiger partial charge in [-0.05, 0) is 77.0 Å². The standard InChI is InChI=1S/C57H97NO13/c1-3-5-7-9-11-13-15-17-19-21-22-23-24-25-27-29-31-33-35-37-39-41-49(62)58-45(46(61)40-38-36-34-32-30-28-26-20-18-16-14-12-10-8-6-4-2)44-68-56-54(67)52(65)55(48(43-60)70-56)71-57-53(66)51(64)50(63)47(42-59)69-57/h5,7,11,13,17,19,22-23,25,27,30,32,38,40,45-48,50-57,59-61,63-67H,3-4,6,8-10,12,14-16,18,20-21,24,26,28-29,31,33-37,39,41-44H2,1-2H3,(H,58,62)/b7-5-,13-11-,19-17-,23-22-,27-25-,32-30+,40-38+. The average Bonchev–Trinajstić information content (AvgIpc) is 3.37. The van der Waals surface area contributed by atoms with E-state index in [1.165, 1.54) is 64.2 Å². The Bertz CT molecular complexity index is 1510. The number of ether oxygens (including phenoxy) is 4. The molecule has 0 bridgehead atoms. The first-order valence-electron chi connectivity index (χ1n) is 27.3. The number of carbonyl (C=O) groups is 1. The molecule has 0 radical (unpaired) electrons. The first kappa shape index (κ1) is 64.3. The Labute approximate surface area is 427 Å². The number of hydrogen-bond acceptors (Lipinski definition) is 13. The maximum Gasteiger partial charge on any atom is 0.220 e. The van der Waals surface area contributed by atoms with Gasteiger partial charge in [0, 0.05) is 6.42 Å². The van der Waals surface area contributed by atoms with Gasteiger partial charge in [0.2, 0.25) is 5.91 Å². The van der Waals surface area contributed by atoms with E-state index in [0.717, 1.165) is 77.0 Å². The molecule has 0 spiro atoms. The Balaban J connectivity index is 1.84. The fourth-order valence-corrected chi connectivity index (χ4v) is 8.39. The van der Waals surface area contributed by atoms with Crippen molar-refractivity contribution in [2.75, 3.05) is 19.8 Å².